The van der Waals surface area contributed by atoms with E-state index >= 15 is 0 Å². The Morgan fingerprint density at radius 3 is 2.37 bits per heavy atom. The highest BCUT2D eigenvalue weighted by Gasteiger charge is 2.30. The van der Waals surface area contributed by atoms with Crippen molar-refractivity contribution in [3.63, 3.8) is 0 Å². The van der Waals surface area contributed by atoms with Gasteiger partial charge < -0.3 is 15.4 Å². The molecule has 0 unspecified atom stereocenters. The number of ether oxygens (including phenoxy) is 1. The van der Waals surface area contributed by atoms with Crippen LogP contribution in [0.1, 0.15) is 66.3 Å². The van der Waals surface area contributed by atoms with Crippen LogP contribution in [0.2, 0.25) is 5.02 Å². The standard InChI is InChI=1S/C29H31ClN6O2/c1-17-25-27(31-19-9-11-20(12-10-19)32-29(37)23-5-3-4-6-24(23)30)33-26(18-7-8-18)34-28(25)36(35-17)21-13-15-22(38-2)16-14-21/h3-6,13-16,18-20H,7-12H2,1-2H3,(H,32,37)(H,31,33,34). The van der Waals surface area contributed by atoms with Gasteiger partial charge in [0.1, 0.15) is 17.4 Å². The maximum absolute atomic E-state index is 12.7. The van der Waals surface area contributed by atoms with Gasteiger partial charge in [0, 0.05) is 18.0 Å². The predicted molar refractivity (Wildman–Crippen MR) is 149 cm³/mol. The molecular weight excluding hydrogens is 500 g/mol. The van der Waals surface area contributed by atoms with Gasteiger partial charge in [-0.15, -0.1) is 0 Å². The van der Waals surface area contributed by atoms with Gasteiger partial charge in [0.05, 0.1) is 34.5 Å². The van der Waals surface area contributed by atoms with Crippen molar-refractivity contribution in [1.82, 2.24) is 25.1 Å². The molecule has 2 N–H and O–H groups in total. The second-order valence-corrected chi connectivity index (χ2v) is 10.7. The van der Waals surface area contributed by atoms with Gasteiger partial charge in [-0.25, -0.2) is 14.6 Å². The zero-order valence-electron chi connectivity index (χ0n) is 21.6. The number of amides is 1. The fraction of sp³-hybridized carbons (Fsp3) is 0.379. The molecule has 0 spiro atoms. The summed E-state index contributed by atoms with van der Waals surface area (Å²) in [4.78, 5) is 22.7. The van der Waals surface area contributed by atoms with Crippen LogP contribution in [0.3, 0.4) is 0 Å². The van der Waals surface area contributed by atoms with Gasteiger partial charge in [-0.1, -0.05) is 23.7 Å². The number of anilines is 1. The first-order chi connectivity index (χ1) is 18.5. The number of aryl methyl sites for hydroxylation is 1. The van der Waals surface area contributed by atoms with Crippen molar-refractivity contribution in [2.75, 3.05) is 12.4 Å². The first-order valence-corrected chi connectivity index (χ1v) is 13.6. The molecular formula is C29H31ClN6O2. The molecule has 6 rings (SSSR count). The number of hydrogen-bond acceptors (Lipinski definition) is 6. The average molecular weight is 531 g/mol. The average Bonchev–Trinajstić information content (AvgIpc) is 3.73. The molecule has 2 aliphatic rings. The van der Waals surface area contributed by atoms with E-state index in [0.717, 1.165) is 78.3 Å². The fourth-order valence-electron chi connectivity index (χ4n) is 5.22. The molecule has 4 aromatic rings. The quantitative estimate of drug-likeness (QED) is 0.313. The summed E-state index contributed by atoms with van der Waals surface area (Å²) in [7, 11) is 1.66. The van der Waals surface area contributed by atoms with E-state index in [-0.39, 0.29) is 18.0 Å². The summed E-state index contributed by atoms with van der Waals surface area (Å²) in [6.07, 6.45) is 5.89. The Morgan fingerprint density at radius 2 is 1.68 bits per heavy atom. The summed E-state index contributed by atoms with van der Waals surface area (Å²) in [5.41, 5.74) is 3.17. The van der Waals surface area contributed by atoms with Gasteiger partial charge in [0.25, 0.3) is 5.91 Å². The lowest BCUT2D eigenvalue weighted by atomic mass is 9.91. The molecule has 2 fully saturated rings. The minimum Gasteiger partial charge on any atom is -0.497 e. The van der Waals surface area contributed by atoms with Crippen LogP contribution in [0.15, 0.2) is 48.5 Å². The Kier molecular flexibility index (Phi) is 6.66. The van der Waals surface area contributed by atoms with Gasteiger partial charge in [0.2, 0.25) is 0 Å². The predicted octanol–water partition coefficient (Wildman–Crippen LogP) is 5.82. The molecule has 196 valence electrons. The van der Waals surface area contributed by atoms with E-state index in [0.29, 0.717) is 16.5 Å². The number of halogens is 1. The first kappa shape index (κ1) is 24.7. The number of aromatic nitrogens is 4. The zero-order valence-corrected chi connectivity index (χ0v) is 22.3. The number of rotatable bonds is 7. The summed E-state index contributed by atoms with van der Waals surface area (Å²) < 4.78 is 7.23. The zero-order chi connectivity index (χ0) is 26.2. The van der Waals surface area contributed by atoms with E-state index < -0.39 is 0 Å². The van der Waals surface area contributed by atoms with E-state index in [1.807, 2.05) is 48.0 Å². The van der Waals surface area contributed by atoms with Gasteiger partial charge >= 0.3 is 0 Å². The molecule has 2 aliphatic carbocycles. The summed E-state index contributed by atoms with van der Waals surface area (Å²) in [6, 6.07) is 15.4. The van der Waals surface area contributed by atoms with Crippen LogP contribution in [-0.2, 0) is 0 Å². The number of nitrogens with zero attached hydrogens (tertiary/aromatic N) is 4. The van der Waals surface area contributed by atoms with Crippen LogP contribution >= 0.6 is 11.6 Å². The molecule has 0 aliphatic heterocycles. The molecule has 8 nitrogen and oxygen atoms in total. The van der Waals surface area contributed by atoms with Crippen LogP contribution in [0.4, 0.5) is 5.82 Å². The first-order valence-electron chi connectivity index (χ1n) is 13.2. The van der Waals surface area contributed by atoms with Crippen molar-refractivity contribution in [3.05, 3.63) is 70.6 Å². The number of carbonyl (C=O) groups excluding carboxylic acids is 1. The Balaban J connectivity index is 1.21. The third-order valence-electron chi connectivity index (χ3n) is 7.50. The molecule has 1 amide bonds. The summed E-state index contributed by atoms with van der Waals surface area (Å²) >= 11 is 6.21. The normalized spacial score (nSPS) is 19.3. The molecule has 0 saturated heterocycles. The second kappa shape index (κ2) is 10.3. The number of hydrogen-bond donors (Lipinski definition) is 2. The molecule has 0 bridgehead atoms. The van der Waals surface area contributed by atoms with E-state index in [1.165, 1.54) is 0 Å². The van der Waals surface area contributed by atoms with Gasteiger partial charge in [-0.05, 0) is 81.8 Å². The maximum atomic E-state index is 12.7. The SMILES string of the molecule is COc1ccc(-n2nc(C)c3c(NC4CCC(NC(=O)c5ccccc5Cl)CC4)nc(C4CC4)nc32)cc1. The van der Waals surface area contributed by atoms with E-state index in [4.69, 9.17) is 31.4 Å². The summed E-state index contributed by atoms with van der Waals surface area (Å²) in [5.74, 6) is 2.85. The lowest BCUT2D eigenvalue weighted by Gasteiger charge is -2.30. The van der Waals surface area contributed by atoms with E-state index in [2.05, 4.69) is 10.6 Å². The van der Waals surface area contributed by atoms with Crippen LogP contribution < -0.4 is 15.4 Å². The highest BCUT2D eigenvalue weighted by Crippen LogP contribution is 2.40. The van der Waals surface area contributed by atoms with Gasteiger partial charge in [0.15, 0.2) is 5.65 Å². The lowest BCUT2D eigenvalue weighted by molar-refractivity contribution is 0.0926. The Bertz CT molecular complexity index is 1470. The van der Waals surface area contributed by atoms with E-state index in [1.54, 1.807) is 19.2 Å². The molecule has 0 radical (unpaired) electrons. The van der Waals surface area contributed by atoms with E-state index in [9.17, 15) is 4.79 Å². The van der Waals surface area contributed by atoms with Crippen LogP contribution in [0, 0.1) is 6.92 Å². The number of benzene rings is 2. The smallest absolute Gasteiger partial charge is 0.253 e. The monoisotopic (exact) mass is 530 g/mol. The fourth-order valence-corrected chi connectivity index (χ4v) is 5.44. The topological polar surface area (TPSA) is 94.0 Å². The van der Waals surface area contributed by atoms with Crippen LogP contribution in [0.25, 0.3) is 16.7 Å². The Labute approximate surface area is 226 Å². The largest absolute Gasteiger partial charge is 0.497 e. The molecule has 2 heterocycles. The third kappa shape index (κ3) is 4.92. The van der Waals surface area contributed by atoms with Crippen molar-refractivity contribution in [2.24, 2.45) is 0 Å². The Hall–Kier alpha value is -3.65. The molecule has 2 saturated carbocycles. The van der Waals surface area contributed by atoms with Crippen LogP contribution in [0.5, 0.6) is 5.75 Å². The minimum atomic E-state index is -0.111. The summed E-state index contributed by atoms with van der Waals surface area (Å²) in [5, 5.41) is 13.2. The Morgan fingerprint density at radius 1 is 0.974 bits per heavy atom. The molecule has 0 atom stereocenters. The number of methoxy groups -OCH3 is 1. The van der Waals surface area contributed by atoms with Crippen LogP contribution in [-0.4, -0.2) is 44.8 Å². The van der Waals surface area contributed by atoms with Crippen molar-refractivity contribution in [2.45, 2.75) is 63.5 Å². The van der Waals surface area contributed by atoms with Crippen molar-refractivity contribution in [1.29, 1.82) is 0 Å². The van der Waals surface area contributed by atoms with Crippen molar-refractivity contribution < 1.29 is 9.53 Å². The molecule has 2 aromatic heterocycles. The highest BCUT2D eigenvalue weighted by atomic mass is 35.5. The minimum absolute atomic E-state index is 0.111. The number of carbonyl (C=O) groups is 1. The second-order valence-electron chi connectivity index (χ2n) is 10.2. The number of nitrogens with one attached hydrogen (secondary N) is 2. The lowest BCUT2D eigenvalue weighted by Crippen LogP contribution is -2.40. The van der Waals surface area contributed by atoms with Crippen molar-refractivity contribution in [3.8, 4) is 11.4 Å². The van der Waals surface area contributed by atoms with Gasteiger partial charge in [-0.2, -0.15) is 5.10 Å². The molecule has 38 heavy (non-hydrogen) atoms. The van der Waals surface area contributed by atoms with Gasteiger partial charge in [-0.3, -0.25) is 4.79 Å². The maximum Gasteiger partial charge on any atom is 0.253 e. The number of fused-ring (bicyclic) bond motifs is 1. The molecule has 9 heteroatoms. The third-order valence-corrected chi connectivity index (χ3v) is 7.83. The molecule has 2 aromatic carbocycles. The summed E-state index contributed by atoms with van der Waals surface area (Å²) in [6.45, 7) is 2.01. The van der Waals surface area contributed by atoms with Crippen molar-refractivity contribution >= 4 is 34.4 Å². The highest BCUT2D eigenvalue weighted by molar-refractivity contribution is 6.33.